The number of imidazole rings is 1. The number of pyridine rings is 2. The van der Waals surface area contributed by atoms with E-state index in [1.165, 1.54) is 12.4 Å². The fourth-order valence-corrected chi connectivity index (χ4v) is 3.34. The Balaban J connectivity index is 1.69. The van der Waals surface area contributed by atoms with Gasteiger partial charge in [0.25, 0.3) is 0 Å². The Bertz CT molecular complexity index is 1300. The molecular weight excluding hydrogens is 379 g/mol. The van der Waals surface area contributed by atoms with Gasteiger partial charge in [-0.3, -0.25) is 14.5 Å². The van der Waals surface area contributed by atoms with Crippen molar-refractivity contribution in [2.45, 2.75) is 0 Å². The summed E-state index contributed by atoms with van der Waals surface area (Å²) in [4.78, 5) is 13.1. The summed E-state index contributed by atoms with van der Waals surface area (Å²) in [5.74, 6) is 0.167. The van der Waals surface area contributed by atoms with Gasteiger partial charge in [-0.15, -0.1) is 0 Å². The lowest BCUT2D eigenvalue weighted by atomic mass is 10.0. The molecule has 1 aromatic carbocycles. The van der Waals surface area contributed by atoms with Crippen molar-refractivity contribution in [1.82, 2.24) is 29.5 Å². The van der Waals surface area contributed by atoms with Crippen LogP contribution < -0.4 is 0 Å². The number of aromatic amines is 1. The summed E-state index contributed by atoms with van der Waals surface area (Å²) in [6.07, 6.45) is 6.86. The van der Waals surface area contributed by atoms with Crippen LogP contribution in [0.25, 0.3) is 39.5 Å². The number of rotatable bonds is 3. The Labute approximate surface area is 163 Å². The molecule has 0 amide bonds. The van der Waals surface area contributed by atoms with E-state index >= 15 is 0 Å². The van der Waals surface area contributed by atoms with Gasteiger partial charge in [-0.05, 0) is 36.4 Å². The van der Waals surface area contributed by atoms with E-state index in [9.17, 15) is 4.39 Å². The molecule has 0 fully saturated rings. The number of aromatic nitrogens is 6. The average Bonchev–Trinajstić information content (AvgIpc) is 3.39. The number of halogens is 2. The van der Waals surface area contributed by atoms with Crippen molar-refractivity contribution in [2.75, 3.05) is 0 Å². The Hall–Kier alpha value is -3.58. The van der Waals surface area contributed by atoms with Gasteiger partial charge in [0, 0.05) is 29.1 Å². The SMILES string of the molecule is Fc1ccc(-c2ncccc2-c2ccc3ncc(-c4ncn[nH]4)n3c2)cc1Cl. The fourth-order valence-electron chi connectivity index (χ4n) is 3.16. The molecule has 0 bridgehead atoms. The maximum atomic E-state index is 13.6. The van der Waals surface area contributed by atoms with E-state index < -0.39 is 5.82 Å². The van der Waals surface area contributed by atoms with Crippen molar-refractivity contribution in [1.29, 1.82) is 0 Å². The number of nitrogens with one attached hydrogen (secondary N) is 1. The molecule has 4 heterocycles. The quantitative estimate of drug-likeness (QED) is 0.487. The van der Waals surface area contributed by atoms with Gasteiger partial charge in [0.2, 0.25) is 0 Å². The summed E-state index contributed by atoms with van der Waals surface area (Å²) in [7, 11) is 0. The molecule has 4 aromatic heterocycles. The molecule has 0 aliphatic heterocycles. The third-order valence-corrected chi connectivity index (χ3v) is 4.76. The van der Waals surface area contributed by atoms with Gasteiger partial charge in [0.15, 0.2) is 5.82 Å². The number of hydrogen-bond acceptors (Lipinski definition) is 4. The van der Waals surface area contributed by atoms with E-state index in [0.29, 0.717) is 11.5 Å². The van der Waals surface area contributed by atoms with Crippen LogP contribution in [0.1, 0.15) is 0 Å². The van der Waals surface area contributed by atoms with Gasteiger partial charge in [0.05, 0.1) is 16.9 Å². The first kappa shape index (κ1) is 16.6. The van der Waals surface area contributed by atoms with Gasteiger partial charge in [-0.2, -0.15) is 5.10 Å². The van der Waals surface area contributed by atoms with Crippen molar-refractivity contribution in [3.8, 4) is 33.9 Å². The molecule has 6 nitrogen and oxygen atoms in total. The molecule has 0 spiro atoms. The second-order valence-electron chi connectivity index (χ2n) is 6.15. The molecule has 0 aliphatic rings. The normalized spacial score (nSPS) is 11.2. The van der Waals surface area contributed by atoms with Crippen molar-refractivity contribution in [3.63, 3.8) is 0 Å². The molecule has 28 heavy (non-hydrogen) atoms. The molecule has 5 aromatic rings. The molecule has 0 saturated carbocycles. The monoisotopic (exact) mass is 390 g/mol. The maximum absolute atomic E-state index is 13.6. The number of fused-ring (bicyclic) bond motifs is 1. The Morgan fingerprint density at radius 2 is 1.89 bits per heavy atom. The van der Waals surface area contributed by atoms with Crippen LogP contribution in [0.3, 0.4) is 0 Å². The van der Waals surface area contributed by atoms with Gasteiger partial charge in [-0.1, -0.05) is 17.7 Å². The smallest absolute Gasteiger partial charge is 0.174 e. The topological polar surface area (TPSA) is 71.8 Å². The zero-order valence-electron chi connectivity index (χ0n) is 14.3. The number of hydrogen-bond donors (Lipinski definition) is 1. The largest absolute Gasteiger partial charge is 0.296 e. The highest BCUT2D eigenvalue weighted by atomic mass is 35.5. The second-order valence-corrected chi connectivity index (χ2v) is 6.56. The van der Waals surface area contributed by atoms with Crippen LogP contribution in [0, 0.1) is 5.82 Å². The molecular formula is C20H12ClFN6. The number of H-pyrrole nitrogens is 1. The lowest BCUT2D eigenvalue weighted by molar-refractivity contribution is 0.628. The highest BCUT2D eigenvalue weighted by Gasteiger charge is 2.13. The Morgan fingerprint density at radius 1 is 1.00 bits per heavy atom. The average molecular weight is 391 g/mol. The third kappa shape index (κ3) is 2.73. The van der Waals surface area contributed by atoms with Gasteiger partial charge < -0.3 is 0 Å². The highest BCUT2D eigenvalue weighted by Crippen LogP contribution is 2.32. The standard InChI is InChI=1S/C20H12ClFN6/c21-15-8-12(3-5-16(15)22)19-14(2-1-7-23-19)13-4-6-18-24-9-17(28(18)10-13)20-25-11-26-27-20/h1-11H,(H,25,26,27). The summed E-state index contributed by atoms with van der Waals surface area (Å²) in [5.41, 5.74) is 4.85. The van der Waals surface area contributed by atoms with Crippen LogP contribution in [0.4, 0.5) is 4.39 Å². The van der Waals surface area contributed by atoms with Crippen LogP contribution >= 0.6 is 11.6 Å². The van der Waals surface area contributed by atoms with E-state index in [2.05, 4.69) is 25.1 Å². The minimum absolute atomic E-state index is 0.0618. The molecule has 8 heteroatoms. The predicted molar refractivity (Wildman–Crippen MR) is 104 cm³/mol. The predicted octanol–water partition coefficient (Wildman–Crippen LogP) is 4.64. The van der Waals surface area contributed by atoms with Crippen molar-refractivity contribution < 1.29 is 4.39 Å². The fraction of sp³-hybridized carbons (Fsp3) is 0. The first-order valence-corrected chi connectivity index (χ1v) is 8.82. The van der Waals surface area contributed by atoms with Crippen LogP contribution in [0.2, 0.25) is 5.02 Å². The van der Waals surface area contributed by atoms with Crippen molar-refractivity contribution in [3.05, 3.63) is 78.2 Å². The number of nitrogens with zero attached hydrogens (tertiary/aromatic N) is 5. The Kier molecular flexibility index (Phi) is 3.87. The van der Waals surface area contributed by atoms with E-state index in [0.717, 1.165) is 28.0 Å². The van der Waals surface area contributed by atoms with Crippen LogP contribution in [0.15, 0.2) is 67.4 Å². The van der Waals surface area contributed by atoms with E-state index in [1.54, 1.807) is 24.5 Å². The van der Waals surface area contributed by atoms with Crippen LogP contribution in [-0.2, 0) is 0 Å². The summed E-state index contributed by atoms with van der Waals surface area (Å²) in [6.45, 7) is 0. The molecule has 0 aliphatic carbocycles. The lowest BCUT2D eigenvalue weighted by Gasteiger charge is -2.10. The molecule has 5 rings (SSSR count). The van der Waals surface area contributed by atoms with E-state index in [-0.39, 0.29) is 5.02 Å². The van der Waals surface area contributed by atoms with E-state index in [1.807, 2.05) is 34.9 Å². The second kappa shape index (κ2) is 6.54. The molecule has 136 valence electrons. The summed E-state index contributed by atoms with van der Waals surface area (Å²) >= 11 is 5.97. The van der Waals surface area contributed by atoms with Crippen molar-refractivity contribution >= 4 is 17.2 Å². The minimum Gasteiger partial charge on any atom is -0.296 e. The lowest BCUT2D eigenvalue weighted by Crippen LogP contribution is -1.94. The summed E-state index contributed by atoms with van der Waals surface area (Å²) in [6, 6.07) is 12.3. The summed E-state index contributed by atoms with van der Waals surface area (Å²) < 4.78 is 15.5. The highest BCUT2D eigenvalue weighted by molar-refractivity contribution is 6.31. The maximum Gasteiger partial charge on any atom is 0.174 e. The molecule has 0 radical (unpaired) electrons. The van der Waals surface area contributed by atoms with E-state index in [4.69, 9.17) is 11.6 Å². The number of benzene rings is 1. The minimum atomic E-state index is -0.459. The first-order valence-electron chi connectivity index (χ1n) is 8.44. The van der Waals surface area contributed by atoms with Gasteiger partial charge in [0.1, 0.15) is 23.5 Å². The molecule has 0 unspecified atom stereocenters. The third-order valence-electron chi connectivity index (χ3n) is 4.48. The van der Waals surface area contributed by atoms with Crippen LogP contribution in [0.5, 0.6) is 0 Å². The molecule has 0 atom stereocenters. The first-order chi connectivity index (χ1) is 13.7. The summed E-state index contributed by atoms with van der Waals surface area (Å²) in [5, 5.41) is 6.82. The molecule has 0 saturated heterocycles. The molecule has 1 N–H and O–H groups in total. The zero-order chi connectivity index (χ0) is 19.1. The van der Waals surface area contributed by atoms with Gasteiger partial charge in [-0.25, -0.2) is 14.4 Å². The van der Waals surface area contributed by atoms with Crippen LogP contribution in [-0.4, -0.2) is 29.5 Å². The van der Waals surface area contributed by atoms with Crippen molar-refractivity contribution in [2.24, 2.45) is 0 Å². The zero-order valence-corrected chi connectivity index (χ0v) is 15.1. The van der Waals surface area contributed by atoms with Gasteiger partial charge >= 0.3 is 0 Å². The Morgan fingerprint density at radius 3 is 2.71 bits per heavy atom.